The van der Waals surface area contributed by atoms with E-state index in [1.807, 2.05) is 11.0 Å². The number of rotatable bonds is 6. The summed E-state index contributed by atoms with van der Waals surface area (Å²) in [5, 5.41) is 3.39. The van der Waals surface area contributed by atoms with E-state index in [-0.39, 0.29) is 11.8 Å². The van der Waals surface area contributed by atoms with Gasteiger partial charge in [0.1, 0.15) is 5.75 Å². The number of carbonyl (C=O) groups is 2. The fourth-order valence-corrected chi connectivity index (χ4v) is 3.74. The Labute approximate surface area is 183 Å². The van der Waals surface area contributed by atoms with E-state index in [0.717, 1.165) is 29.9 Å². The summed E-state index contributed by atoms with van der Waals surface area (Å²) < 4.78 is 5.93. The molecule has 1 saturated heterocycles. The van der Waals surface area contributed by atoms with Crippen molar-refractivity contribution in [3.63, 3.8) is 0 Å². The van der Waals surface area contributed by atoms with Gasteiger partial charge in [0.2, 0.25) is 0 Å². The molecule has 29 heavy (non-hydrogen) atoms. The molecule has 0 bridgehead atoms. The molecule has 8 heteroatoms. The van der Waals surface area contributed by atoms with Crippen LogP contribution in [0.25, 0.3) is 0 Å². The molecular weight excluding hydrogens is 458 g/mol. The van der Waals surface area contributed by atoms with Crippen LogP contribution >= 0.6 is 27.5 Å². The van der Waals surface area contributed by atoms with E-state index in [2.05, 4.69) is 26.1 Å². The third-order valence-electron chi connectivity index (χ3n) is 4.88. The Bertz CT molecular complexity index is 868. The summed E-state index contributed by atoms with van der Waals surface area (Å²) in [5.74, 6) is 0.563. The lowest BCUT2D eigenvalue weighted by Crippen LogP contribution is -2.50. The smallest absolute Gasteiger partial charge is 0.255 e. The maximum Gasteiger partial charge on any atom is 0.255 e. The van der Waals surface area contributed by atoms with Gasteiger partial charge in [-0.15, -0.1) is 0 Å². The minimum Gasteiger partial charge on any atom is -0.497 e. The first kappa shape index (κ1) is 21.6. The summed E-state index contributed by atoms with van der Waals surface area (Å²) in [4.78, 5) is 29.0. The number of benzene rings is 2. The van der Waals surface area contributed by atoms with Crippen molar-refractivity contribution in [1.82, 2.24) is 15.1 Å². The molecule has 0 unspecified atom stereocenters. The molecule has 2 amide bonds. The molecule has 2 aromatic rings. The van der Waals surface area contributed by atoms with Crippen molar-refractivity contribution in [2.75, 3.05) is 46.4 Å². The number of nitrogens with zero attached hydrogens (tertiary/aromatic N) is 2. The lowest BCUT2D eigenvalue weighted by molar-refractivity contribution is 0.0638. The zero-order valence-corrected chi connectivity index (χ0v) is 18.5. The van der Waals surface area contributed by atoms with Gasteiger partial charge in [0.15, 0.2) is 0 Å². The average molecular weight is 481 g/mol. The van der Waals surface area contributed by atoms with Crippen molar-refractivity contribution >= 4 is 39.3 Å². The van der Waals surface area contributed by atoms with Crippen LogP contribution in [0.2, 0.25) is 5.02 Å². The van der Waals surface area contributed by atoms with E-state index in [1.54, 1.807) is 43.5 Å². The second-order valence-electron chi connectivity index (χ2n) is 6.74. The van der Waals surface area contributed by atoms with Gasteiger partial charge in [-0.3, -0.25) is 14.5 Å². The van der Waals surface area contributed by atoms with Crippen LogP contribution in [0.15, 0.2) is 46.9 Å². The molecule has 1 aliphatic heterocycles. The molecule has 0 atom stereocenters. The Morgan fingerprint density at radius 1 is 1.10 bits per heavy atom. The van der Waals surface area contributed by atoms with Gasteiger partial charge in [-0.1, -0.05) is 27.5 Å². The van der Waals surface area contributed by atoms with Gasteiger partial charge in [-0.05, 0) is 42.5 Å². The first-order valence-corrected chi connectivity index (χ1v) is 10.5. The van der Waals surface area contributed by atoms with Gasteiger partial charge in [-0.2, -0.15) is 0 Å². The van der Waals surface area contributed by atoms with Crippen LogP contribution in [0.1, 0.15) is 20.7 Å². The summed E-state index contributed by atoms with van der Waals surface area (Å²) in [6.07, 6.45) is 0. The zero-order valence-electron chi connectivity index (χ0n) is 16.2. The number of nitrogens with one attached hydrogen (secondary N) is 1. The summed E-state index contributed by atoms with van der Waals surface area (Å²) in [7, 11) is 1.59. The Hall–Kier alpha value is -2.09. The van der Waals surface area contributed by atoms with Crippen molar-refractivity contribution in [3.05, 3.63) is 63.1 Å². The van der Waals surface area contributed by atoms with Gasteiger partial charge < -0.3 is 15.0 Å². The highest BCUT2D eigenvalue weighted by molar-refractivity contribution is 9.10. The quantitative estimate of drug-likeness (QED) is 0.689. The molecule has 0 saturated carbocycles. The molecule has 0 aromatic heterocycles. The van der Waals surface area contributed by atoms with E-state index >= 15 is 0 Å². The van der Waals surface area contributed by atoms with Gasteiger partial charge in [0.05, 0.1) is 17.7 Å². The van der Waals surface area contributed by atoms with Crippen molar-refractivity contribution in [3.8, 4) is 5.75 Å². The molecule has 1 heterocycles. The maximum absolute atomic E-state index is 12.7. The van der Waals surface area contributed by atoms with Gasteiger partial charge in [-0.25, -0.2) is 0 Å². The van der Waals surface area contributed by atoms with Gasteiger partial charge >= 0.3 is 0 Å². The number of ether oxygens (including phenoxy) is 1. The number of hydrogen-bond donors (Lipinski definition) is 1. The second kappa shape index (κ2) is 10.1. The predicted molar refractivity (Wildman–Crippen MR) is 117 cm³/mol. The Balaban J connectivity index is 1.43. The monoisotopic (exact) mass is 479 g/mol. The SMILES string of the molecule is COc1ccc(C(=O)NCCN2CCN(C(=O)c3cc(Br)ccc3Cl)CC2)cc1. The van der Waals surface area contributed by atoms with E-state index < -0.39 is 0 Å². The van der Waals surface area contributed by atoms with E-state index in [4.69, 9.17) is 16.3 Å². The molecule has 3 rings (SSSR count). The summed E-state index contributed by atoms with van der Waals surface area (Å²) in [6.45, 7) is 4.07. The lowest BCUT2D eigenvalue weighted by atomic mass is 10.2. The Kier molecular flexibility index (Phi) is 7.52. The fourth-order valence-electron chi connectivity index (χ4n) is 3.18. The molecule has 1 N–H and O–H groups in total. The van der Waals surface area contributed by atoms with E-state index in [1.165, 1.54) is 0 Å². The zero-order chi connectivity index (χ0) is 20.8. The normalized spacial score (nSPS) is 14.5. The predicted octanol–water partition coefficient (Wildman–Crippen LogP) is 3.30. The number of carbonyl (C=O) groups excluding carboxylic acids is 2. The number of methoxy groups -OCH3 is 1. The highest BCUT2D eigenvalue weighted by Gasteiger charge is 2.23. The minimum absolute atomic E-state index is 0.0521. The van der Waals surface area contributed by atoms with Crippen LogP contribution in [0.5, 0.6) is 5.75 Å². The summed E-state index contributed by atoms with van der Waals surface area (Å²) in [6, 6.07) is 12.3. The van der Waals surface area contributed by atoms with Crippen molar-refractivity contribution in [2.24, 2.45) is 0 Å². The number of halogens is 2. The molecule has 6 nitrogen and oxygen atoms in total. The van der Waals surface area contributed by atoms with Crippen LogP contribution in [0.3, 0.4) is 0 Å². The van der Waals surface area contributed by atoms with Crippen molar-refractivity contribution < 1.29 is 14.3 Å². The van der Waals surface area contributed by atoms with Crippen LogP contribution in [-0.4, -0.2) is 68.0 Å². The first-order valence-electron chi connectivity index (χ1n) is 9.37. The topological polar surface area (TPSA) is 61.9 Å². The van der Waals surface area contributed by atoms with Gasteiger partial charge in [0.25, 0.3) is 11.8 Å². The molecule has 0 aliphatic carbocycles. The average Bonchev–Trinajstić information content (AvgIpc) is 2.75. The Morgan fingerprint density at radius 2 is 1.79 bits per heavy atom. The highest BCUT2D eigenvalue weighted by Crippen LogP contribution is 2.23. The molecule has 0 radical (unpaired) electrons. The minimum atomic E-state index is -0.106. The molecular formula is C21H23BrClN3O3. The summed E-state index contributed by atoms with van der Waals surface area (Å²) in [5.41, 5.74) is 1.12. The van der Waals surface area contributed by atoms with Crippen molar-refractivity contribution in [1.29, 1.82) is 0 Å². The lowest BCUT2D eigenvalue weighted by Gasteiger charge is -2.35. The first-order chi connectivity index (χ1) is 14.0. The Morgan fingerprint density at radius 3 is 2.45 bits per heavy atom. The number of amides is 2. The fraction of sp³-hybridized carbons (Fsp3) is 0.333. The van der Waals surface area contributed by atoms with E-state index in [0.29, 0.717) is 35.8 Å². The highest BCUT2D eigenvalue weighted by atomic mass is 79.9. The van der Waals surface area contributed by atoms with Crippen LogP contribution in [0, 0.1) is 0 Å². The van der Waals surface area contributed by atoms with E-state index in [9.17, 15) is 9.59 Å². The molecule has 154 valence electrons. The largest absolute Gasteiger partial charge is 0.497 e. The number of piperazine rings is 1. The number of hydrogen-bond acceptors (Lipinski definition) is 4. The molecule has 0 spiro atoms. The second-order valence-corrected chi connectivity index (χ2v) is 8.07. The molecule has 1 fully saturated rings. The molecule has 2 aromatic carbocycles. The third kappa shape index (κ3) is 5.72. The van der Waals surface area contributed by atoms with Crippen LogP contribution < -0.4 is 10.1 Å². The molecule has 1 aliphatic rings. The van der Waals surface area contributed by atoms with Crippen LogP contribution in [-0.2, 0) is 0 Å². The standard InChI is InChI=1S/C21H23BrClN3O3/c1-29-17-5-2-15(3-6-17)20(27)24-8-9-25-10-12-26(13-11-25)21(28)18-14-16(22)4-7-19(18)23/h2-7,14H,8-13H2,1H3,(H,24,27). The van der Waals surface area contributed by atoms with Gasteiger partial charge in [0, 0.05) is 49.3 Å². The maximum atomic E-state index is 12.7. The summed E-state index contributed by atoms with van der Waals surface area (Å²) >= 11 is 9.56. The van der Waals surface area contributed by atoms with Crippen LogP contribution in [0.4, 0.5) is 0 Å². The third-order valence-corrected chi connectivity index (χ3v) is 5.71. The van der Waals surface area contributed by atoms with Crippen molar-refractivity contribution in [2.45, 2.75) is 0 Å².